The number of phenols is 1. The number of benzene rings is 5. The van der Waals surface area contributed by atoms with Crippen LogP contribution in [-0.4, -0.2) is 11.3 Å². The van der Waals surface area contributed by atoms with E-state index in [9.17, 15) is 5.11 Å². The molecular weight excluding hydrogens is 545 g/mol. The summed E-state index contributed by atoms with van der Waals surface area (Å²) in [6.45, 7) is 0. The monoisotopic (exact) mass is 573 g/mol. The Kier molecular flexibility index (Phi) is 9.20. The quantitative estimate of drug-likeness (QED) is 0.129. The summed E-state index contributed by atoms with van der Waals surface area (Å²) in [5, 5.41) is 16.3. The van der Waals surface area contributed by atoms with E-state index in [-0.39, 0.29) is 0 Å². The van der Waals surface area contributed by atoms with E-state index in [1.165, 1.54) is 53.8 Å². The van der Waals surface area contributed by atoms with Crippen molar-refractivity contribution in [3.05, 3.63) is 108 Å². The Labute approximate surface area is 241 Å². The minimum atomic E-state index is -0.556. The molecule has 0 heterocycles. The number of aliphatic imine (C=N–C) groups is 1. The van der Waals surface area contributed by atoms with Crippen molar-refractivity contribution >= 4 is 52.1 Å². The number of halogens is 2. The van der Waals surface area contributed by atoms with Gasteiger partial charge in [0, 0.05) is 17.3 Å². The van der Waals surface area contributed by atoms with Crippen molar-refractivity contribution in [2.75, 3.05) is 0 Å². The van der Waals surface area contributed by atoms with Gasteiger partial charge in [0.15, 0.2) is 0 Å². The number of nitrogens with zero attached hydrogens (tertiary/aromatic N) is 1. The molecule has 5 heteroatoms. The first-order chi connectivity index (χ1) is 18.7. The molecule has 5 aromatic carbocycles. The average Bonchev–Trinajstić information content (AvgIpc) is 2.97. The second-order valence-electron chi connectivity index (χ2n) is 9.73. The zero-order valence-corrected chi connectivity index (χ0v) is 24.2. The van der Waals surface area contributed by atoms with Gasteiger partial charge in [0.1, 0.15) is 5.75 Å². The van der Waals surface area contributed by atoms with E-state index >= 15 is 0 Å². The van der Waals surface area contributed by atoms with Crippen molar-refractivity contribution in [1.29, 1.82) is 0 Å². The van der Waals surface area contributed by atoms with Crippen LogP contribution in [0.15, 0.2) is 102 Å². The van der Waals surface area contributed by atoms with Crippen LogP contribution >= 0.6 is 18.6 Å². The molecule has 190 valence electrons. The fraction of sp³-hybridized carbons (Fsp3) is 0.182. The number of phenolic OH excluding ortho intramolecular Hbond substituents is 1. The van der Waals surface area contributed by atoms with Gasteiger partial charge in [-0.15, -0.1) is 0 Å². The van der Waals surface area contributed by atoms with Gasteiger partial charge in [0.05, 0.1) is 5.69 Å². The Morgan fingerprint density at radius 1 is 0.711 bits per heavy atom. The number of hydrogen-bond donors (Lipinski definition) is 1. The van der Waals surface area contributed by atoms with Crippen LogP contribution in [0.3, 0.4) is 0 Å². The second kappa shape index (κ2) is 13.0. The SMILES string of the molecule is Oc1c(C=Nc2ccccc2)cc(C2CCCCC2)cc1-c1cccc2cc3ccccc3cc12.[Cl][Ti][Cl]. The van der Waals surface area contributed by atoms with Crippen molar-refractivity contribution in [2.45, 2.75) is 38.0 Å². The summed E-state index contributed by atoms with van der Waals surface area (Å²) in [5.74, 6) is 0.827. The summed E-state index contributed by atoms with van der Waals surface area (Å²) in [7, 11) is 9.78. The van der Waals surface area contributed by atoms with Crippen LogP contribution in [0.2, 0.25) is 0 Å². The normalized spacial score (nSPS) is 13.9. The summed E-state index contributed by atoms with van der Waals surface area (Å²) >= 11 is -0.556. The third-order valence-electron chi connectivity index (χ3n) is 7.38. The van der Waals surface area contributed by atoms with Gasteiger partial charge in [0.25, 0.3) is 0 Å². The van der Waals surface area contributed by atoms with Gasteiger partial charge in [-0.25, -0.2) is 0 Å². The van der Waals surface area contributed by atoms with Gasteiger partial charge < -0.3 is 5.11 Å². The molecule has 0 aliphatic heterocycles. The fourth-order valence-electron chi connectivity index (χ4n) is 5.52. The van der Waals surface area contributed by atoms with Gasteiger partial charge >= 0.3 is 35.6 Å². The zero-order chi connectivity index (χ0) is 26.3. The third-order valence-corrected chi connectivity index (χ3v) is 7.38. The van der Waals surface area contributed by atoms with Crippen molar-refractivity contribution in [2.24, 2.45) is 4.99 Å². The Bertz CT molecular complexity index is 1560. The molecule has 0 saturated heterocycles. The first kappa shape index (κ1) is 27.0. The molecule has 38 heavy (non-hydrogen) atoms. The van der Waals surface area contributed by atoms with Gasteiger partial charge in [-0.05, 0) is 87.8 Å². The molecule has 0 aromatic heterocycles. The molecule has 0 amide bonds. The van der Waals surface area contributed by atoms with Gasteiger partial charge in [-0.3, -0.25) is 4.99 Å². The number of hydrogen-bond acceptors (Lipinski definition) is 2. The van der Waals surface area contributed by atoms with Crippen LogP contribution in [0.4, 0.5) is 5.69 Å². The molecule has 0 bridgehead atoms. The summed E-state index contributed by atoms with van der Waals surface area (Å²) < 4.78 is 0. The van der Waals surface area contributed by atoms with Crippen molar-refractivity contribution < 1.29 is 22.1 Å². The van der Waals surface area contributed by atoms with Gasteiger partial charge in [-0.2, -0.15) is 0 Å². The van der Waals surface area contributed by atoms with Crippen molar-refractivity contribution in [3.63, 3.8) is 0 Å². The van der Waals surface area contributed by atoms with E-state index in [4.69, 9.17) is 18.6 Å². The molecule has 0 atom stereocenters. The van der Waals surface area contributed by atoms with Crippen molar-refractivity contribution in [3.8, 4) is 16.9 Å². The summed E-state index contributed by atoms with van der Waals surface area (Å²) in [6.07, 6.45) is 8.10. The van der Waals surface area contributed by atoms with Gasteiger partial charge in [0.2, 0.25) is 0 Å². The molecule has 1 saturated carbocycles. The molecule has 2 nitrogen and oxygen atoms in total. The number of aromatic hydroxyl groups is 1. The molecule has 1 N–H and O–H groups in total. The second-order valence-corrected chi connectivity index (χ2v) is 12.3. The van der Waals surface area contributed by atoms with Crippen molar-refractivity contribution in [1.82, 2.24) is 0 Å². The summed E-state index contributed by atoms with van der Waals surface area (Å²) in [5.41, 5.74) is 4.93. The average molecular weight is 574 g/mol. The topological polar surface area (TPSA) is 32.6 Å². The third kappa shape index (κ3) is 6.16. The number of rotatable bonds is 4. The summed E-state index contributed by atoms with van der Waals surface area (Å²) in [4.78, 5) is 4.68. The fourth-order valence-corrected chi connectivity index (χ4v) is 5.52. The van der Waals surface area contributed by atoms with E-state index in [0.717, 1.165) is 27.8 Å². The van der Waals surface area contributed by atoms with E-state index in [2.05, 4.69) is 71.7 Å². The zero-order valence-electron chi connectivity index (χ0n) is 21.1. The first-order valence-corrected chi connectivity index (χ1v) is 17.3. The summed E-state index contributed by atoms with van der Waals surface area (Å²) in [6, 6.07) is 33.7. The Balaban J connectivity index is 0.000000937. The molecule has 6 rings (SSSR count). The molecule has 0 spiro atoms. The van der Waals surface area contributed by atoms with Crippen LogP contribution < -0.4 is 0 Å². The molecule has 0 unspecified atom stereocenters. The standard InChI is InChI=1S/C33H29NO.2ClH.Ti/c35-33-28(22-34-29-15-5-2-6-16-29)19-27(23-10-3-1-4-11-23)21-32(33)30-17-9-14-26-18-24-12-7-8-13-25(24)20-31(26)30;;;/h2,5-9,12-23,35H,1,3-4,10-11H2;2*1H;/q;;;+2/p-2. The van der Waals surface area contributed by atoms with E-state index in [1.54, 1.807) is 0 Å². The van der Waals surface area contributed by atoms with Crippen LogP contribution in [0.5, 0.6) is 5.75 Å². The minimum absolute atomic E-state index is 0.296. The van der Waals surface area contributed by atoms with Crippen LogP contribution in [0.25, 0.3) is 32.7 Å². The first-order valence-electron chi connectivity index (χ1n) is 13.0. The molecule has 1 aliphatic carbocycles. The molecule has 0 radical (unpaired) electrons. The molecule has 1 fully saturated rings. The number of fused-ring (bicyclic) bond motifs is 2. The Morgan fingerprint density at radius 3 is 2.11 bits per heavy atom. The molecular formula is C33H29Cl2NOTi. The van der Waals surface area contributed by atoms with Crippen LogP contribution in [-0.2, 0) is 17.0 Å². The maximum atomic E-state index is 11.5. The Morgan fingerprint density at radius 2 is 1.37 bits per heavy atom. The van der Waals surface area contributed by atoms with E-state index in [1.807, 2.05) is 36.5 Å². The number of para-hydroxylation sites is 1. The molecule has 5 aromatic rings. The molecule has 1 aliphatic rings. The predicted molar refractivity (Wildman–Crippen MR) is 160 cm³/mol. The Hall–Kier alpha value is -2.62. The predicted octanol–water partition coefficient (Wildman–Crippen LogP) is 10.5. The van der Waals surface area contributed by atoms with Gasteiger partial charge in [-0.1, -0.05) is 79.9 Å². The van der Waals surface area contributed by atoms with E-state index in [0.29, 0.717) is 11.7 Å². The van der Waals surface area contributed by atoms with Crippen LogP contribution in [0.1, 0.15) is 49.1 Å². The van der Waals surface area contributed by atoms with E-state index < -0.39 is 17.0 Å². The maximum absolute atomic E-state index is 11.5. The van der Waals surface area contributed by atoms with Crippen LogP contribution in [0, 0.1) is 0 Å².